The van der Waals surface area contributed by atoms with Crippen molar-refractivity contribution >= 4 is 17.7 Å². The summed E-state index contributed by atoms with van der Waals surface area (Å²) in [4.78, 5) is 29.5. The van der Waals surface area contributed by atoms with Crippen molar-refractivity contribution in [3.05, 3.63) is 29.8 Å². The molecule has 0 aromatic heterocycles. The number of piperazine rings is 1. The van der Waals surface area contributed by atoms with E-state index in [0.717, 1.165) is 26.2 Å². The summed E-state index contributed by atoms with van der Waals surface area (Å²) in [5.74, 6) is 0.157. The number of likely N-dealkylation sites (N-methyl/N-ethyl adjacent to an activating group) is 1. The molecule has 130 valence electrons. The van der Waals surface area contributed by atoms with E-state index in [0.29, 0.717) is 19.4 Å². The normalized spacial score (nSPS) is 21.2. The maximum Gasteiger partial charge on any atom is 0.409 e. The molecular formula is C18H25N3O3. The van der Waals surface area contributed by atoms with Crippen LogP contribution in [0, 0.1) is 6.92 Å². The van der Waals surface area contributed by atoms with E-state index in [-0.39, 0.29) is 18.1 Å². The fourth-order valence-electron chi connectivity index (χ4n) is 3.28. The highest BCUT2D eigenvalue weighted by molar-refractivity contribution is 5.77. The van der Waals surface area contributed by atoms with Crippen LogP contribution < -0.4 is 4.90 Å². The van der Waals surface area contributed by atoms with Crippen molar-refractivity contribution in [1.82, 2.24) is 9.80 Å². The number of amides is 2. The molecular weight excluding hydrogens is 306 g/mol. The van der Waals surface area contributed by atoms with E-state index < -0.39 is 0 Å². The van der Waals surface area contributed by atoms with Gasteiger partial charge in [0.25, 0.3) is 0 Å². The minimum Gasteiger partial charge on any atom is -0.444 e. The second-order valence-electron chi connectivity index (χ2n) is 6.63. The van der Waals surface area contributed by atoms with Crippen LogP contribution in [0.15, 0.2) is 24.3 Å². The summed E-state index contributed by atoms with van der Waals surface area (Å²) in [7, 11) is 1.72. The van der Waals surface area contributed by atoms with Gasteiger partial charge in [0.1, 0.15) is 6.10 Å². The summed E-state index contributed by atoms with van der Waals surface area (Å²) in [6, 6.07) is 8.47. The summed E-state index contributed by atoms with van der Waals surface area (Å²) < 4.78 is 5.21. The summed E-state index contributed by atoms with van der Waals surface area (Å²) >= 11 is 0. The van der Waals surface area contributed by atoms with Gasteiger partial charge in [0.05, 0.1) is 6.54 Å². The van der Waals surface area contributed by atoms with Crippen LogP contribution >= 0.6 is 0 Å². The zero-order valence-electron chi connectivity index (χ0n) is 14.4. The summed E-state index contributed by atoms with van der Waals surface area (Å²) in [6.45, 7) is 5.88. The first-order valence-corrected chi connectivity index (χ1v) is 8.54. The van der Waals surface area contributed by atoms with Gasteiger partial charge in [0.2, 0.25) is 5.91 Å². The average molecular weight is 331 g/mol. The molecule has 2 saturated heterocycles. The van der Waals surface area contributed by atoms with Crippen LogP contribution in [-0.2, 0) is 9.53 Å². The van der Waals surface area contributed by atoms with Crippen LogP contribution in [0.3, 0.4) is 0 Å². The number of carbonyl (C=O) groups is 2. The smallest absolute Gasteiger partial charge is 0.409 e. The Bertz CT molecular complexity index is 611. The lowest BCUT2D eigenvalue weighted by atomic mass is 10.1. The molecule has 3 rings (SSSR count). The van der Waals surface area contributed by atoms with E-state index in [1.165, 1.54) is 11.3 Å². The number of hydrogen-bond acceptors (Lipinski definition) is 4. The minimum atomic E-state index is -0.292. The number of benzene rings is 1. The molecule has 2 fully saturated rings. The lowest BCUT2D eigenvalue weighted by Gasteiger charge is -2.36. The van der Waals surface area contributed by atoms with Gasteiger partial charge in [-0.2, -0.15) is 0 Å². The molecule has 24 heavy (non-hydrogen) atoms. The molecule has 1 aromatic rings. The van der Waals surface area contributed by atoms with Crippen LogP contribution in [0.1, 0.15) is 18.4 Å². The van der Waals surface area contributed by atoms with Gasteiger partial charge >= 0.3 is 6.09 Å². The van der Waals surface area contributed by atoms with E-state index in [9.17, 15) is 9.59 Å². The average Bonchev–Trinajstić information content (AvgIpc) is 2.91. The van der Waals surface area contributed by atoms with E-state index in [1.54, 1.807) is 11.9 Å². The zero-order valence-corrected chi connectivity index (χ0v) is 14.4. The number of aryl methyl sites for hydroxylation is 1. The summed E-state index contributed by atoms with van der Waals surface area (Å²) in [5.41, 5.74) is 2.48. The molecule has 2 aliphatic heterocycles. The predicted octanol–water partition coefficient (Wildman–Crippen LogP) is 1.87. The molecule has 6 heteroatoms. The largest absolute Gasteiger partial charge is 0.444 e. The van der Waals surface area contributed by atoms with E-state index in [2.05, 4.69) is 36.1 Å². The number of ether oxygens (including phenoxy) is 1. The molecule has 1 unspecified atom stereocenters. The van der Waals surface area contributed by atoms with Gasteiger partial charge in [0, 0.05) is 45.3 Å². The van der Waals surface area contributed by atoms with Crippen molar-refractivity contribution in [3.63, 3.8) is 0 Å². The maximum atomic E-state index is 12.4. The third-order valence-corrected chi connectivity index (χ3v) is 4.74. The summed E-state index contributed by atoms with van der Waals surface area (Å²) in [5, 5.41) is 0. The van der Waals surface area contributed by atoms with Crippen LogP contribution in [-0.4, -0.2) is 67.7 Å². The number of rotatable bonds is 4. The van der Waals surface area contributed by atoms with Gasteiger partial charge < -0.3 is 19.4 Å². The number of hydrogen-bond donors (Lipinski definition) is 0. The first-order valence-electron chi connectivity index (χ1n) is 8.54. The monoisotopic (exact) mass is 331 g/mol. The Labute approximate surface area is 143 Å². The van der Waals surface area contributed by atoms with Crippen molar-refractivity contribution in [2.24, 2.45) is 0 Å². The van der Waals surface area contributed by atoms with Gasteiger partial charge in [-0.3, -0.25) is 4.79 Å². The van der Waals surface area contributed by atoms with Crippen molar-refractivity contribution in [2.45, 2.75) is 25.9 Å². The molecule has 6 nitrogen and oxygen atoms in total. The Balaban J connectivity index is 1.44. The standard InChI is InChI=1S/C18H25N3O3/c1-14-4-3-5-15(12-14)20-8-10-21(11-9-20)17(22)7-6-16-13-19(2)18(23)24-16/h3-5,12,16H,6-11,13H2,1-2H3. The van der Waals surface area contributed by atoms with Crippen molar-refractivity contribution in [1.29, 1.82) is 0 Å². The van der Waals surface area contributed by atoms with Crippen molar-refractivity contribution < 1.29 is 14.3 Å². The first-order chi connectivity index (χ1) is 11.5. The second kappa shape index (κ2) is 7.11. The molecule has 0 N–H and O–H groups in total. The highest BCUT2D eigenvalue weighted by Gasteiger charge is 2.29. The molecule has 0 radical (unpaired) electrons. The van der Waals surface area contributed by atoms with Gasteiger partial charge in [-0.15, -0.1) is 0 Å². The van der Waals surface area contributed by atoms with Gasteiger partial charge in [0.15, 0.2) is 0 Å². The van der Waals surface area contributed by atoms with Gasteiger partial charge in [-0.1, -0.05) is 12.1 Å². The van der Waals surface area contributed by atoms with Crippen LogP contribution in [0.5, 0.6) is 0 Å². The molecule has 1 aromatic carbocycles. The molecule has 2 amide bonds. The minimum absolute atomic E-state index is 0.153. The maximum absolute atomic E-state index is 12.4. The van der Waals surface area contributed by atoms with Crippen molar-refractivity contribution in [2.75, 3.05) is 44.7 Å². The number of anilines is 1. The Hall–Kier alpha value is -2.24. The lowest BCUT2D eigenvalue weighted by Crippen LogP contribution is -2.48. The number of cyclic esters (lactones) is 1. The predicted molar refractivity (Wildman–Crippen MR) is 92.1 cm³/mol. The lowest BCUT2D eigenvalue weighted by molar-refractivity contribution is -0.132. The Morgan fingerprint density at radius 2 is 2.00 bits per heavy atom. The van der Waals surface area contributed by atoms with Crippen LogP contribution in [0.25, 0.3) is 0 Å². The molecule has 2 heterocycles. The Morgan fingerprint density at radius 3 is 2.62 bits per heavy atom. The molecule has 0 aliphatic carbocycles. The van der Waals surface area contributed by atoms with Gasteiger partial charge in [-0.05, 0) is 31.0 Å². The topological polar surface area (TPSA) is 53.1 Å². The second-order valence-corrected chi connectivity index (χ2v) is 6.63. The highest BCUT2D eigenvalue weighted by atomic mass is 16.6. The third-order valence-electron chi connectivity index (χ3n) is 4.74. The number of carbonyl (C=O) groups excluding carboxylic acids is 2. The number of nitrogens with zero attached hydrogens (tertiary/aromatic N) is 3. The van der Waals surface area contributed by atoms with Crippen molar-refractivity contribution in [3.8, 4) is 0 Å². The van der Waals surface area contributed by atoms with E-state index >= 15 is 0 Å². The Kier molecular flexibility index (Phi) is 4.92. The van der Waals surface area contributed by atoms with Crippen LogP contribution in [0.4, 0.5) is 10.5 Å². The Morgan fingerprint density at radius 1 is 1.25 bits per heavy atom. The molecule has 1 atom stereocenters. The molecule has 0 bridgehead atoms. The third kappa shape index (κ3) is 3.80. The molecule has 0 spiro atoms. The molecule has 0 saturated carbocycles. The molecule has 2 aliphatic rings. The first kappa shape index (κ1) is 16.6. The van der Waals surface area contributed by atoms with E-state index in [4.69, 9.17) is 4.74 Å². The fourth-order valence-corrected chi connectivity index (χ4v) is 3.28. The zero-order chi connectivity index (χ0) is 17.1. The highest BCUT2D eigenvalue weighted by Crippen LogP contribution is 2.19. The quantitative estimate of drug-likeness (QED) is 0.845. The fraction of sp³-hybridized carbons (Fsp3) is 0.556. The van der Waals surface area contributed by atoms with Crippen LogP contribution in [0.2, 0.25) is 0 Å². The van der Waals surface area contributed by atoms with E-state index in [1.807, 2.05) is 4.90 Å². The summed E-state index contributed by atoms with van der Waals surface area (Å²) in [6.07, 6.45) is 0.600. The SMILES string of the molecule is Cc1cccc(N2CCN(C(=O)CCC3CN(C)C(=O)O3)CC2)c1. The van der Waals surface area contributed by atoms with Gasteiger partial charge in [-0.25, -0.2) is 4.79 Å².